The van der Waals surface area contributed by atoms with Gasteiger partial charge in [0, 0.05) is 30.7 Å². The van der Waals surface area contributed by atoms with E-state index in [2.05, 4.69) is 17.1 Å². The number of nitrogens with one attached hydrogen (secondary N) is 1. The van der Waals surface area contributed by atoms with E-state index in [4.69, 9.17) is 0 Å². The molecule has 1 aromatic carbocycles. The fraction of sp³-hybridized carbons (Fsp3) is 0.667. The topological polar surface area (TPSA) is 15.3 Å². The predicted molar refractivity (Wildman–Crippen MR) is 84.8 cm³/mol. The standard InChI is InChI=1S/C18H27FN2/c1-2-10-20-18(16-5-3-4-6-17(16)19)9-11-21-13-14-7-8-15(21)12-14/h3-6,14-15,18,20H,2,7-13H2,1H3. The van der Waals surface area contributed by atoms with Crippen LogP contribution < -0.4 is 5.32 Å². The zero-order chi connectivity index (χ0) is 14.7. The second-order valence-electron chi connectivity index (χ2n) is 6.64. The Morgan fingerprint density at radius 1 is 1.33 bits per heavy atom. The second-order valence-corrected chi connectivity index (χ2v) is 6.64. The van der Waals surface area contributed by atoms with E-state index in [1.165, 1.54) is 25.8 Å². The zero-order valence-corrected chi connectivity index (χ0v) is 13.0. The van der Waals surface area contributed by atoms with Gasteiger partial charge in [0.1, 0.15) is 5.82 Å². The summed E-state index contributed by atoms with van der Waals surface area (Å²) in [7, 11) is 0. The van der Waals surface area contributed by atoms with Gasteiger partial charge in [-0.3, -0.25) is 0 Å². The summed E-state index contributed by atoms with van der Waals surface area (Å²) in [4.78, 5) is 2.63. The van der Waals surface area contributed by atoms with Gasteiger partial charge >= 0.3 is 0 Å². The Morgan fingerprint density at radius 2 is 2.19 bits per heavy atom. The minimum atomic E-state index is -0.0750. The van der Waals surface area contributed by atoms with Gasteiger partial charge < -0.3 is 10.2 Å². The van der Waals surface area contributed by atoms with Gasteiger partial charge in [-0.1, -0.05) is 25.1 Å². The molecule has 1 aliphatic carbocycles. The van der Waals surface area contributed by atoms with Crippen LogP contribution in [0.3, 0.4) is 0 Å². The summed E-state index contributed by atoms with van der Waals surface area (Å²) >= 11 is 0. The van der Waals surface area contributed by atoms with E-state index in [1.807, 2.05) is 12.1 Å². The first-order valence-corrected chi connectivity index (χ1v) is 8.49. The Labute approximate surface area is 127 Å². The smallest absolute Gasteiger partial charge is 0.127 e. The molecule has 0 spiro atoms. The lowest BCUT2D eigenvalue weighted by atomic mass is 10.0. The Hall–Kier alpha value is -0.930. The SMILES string of the molecule is CCCNC(CCN1CC2CCC1C2)c1ccccc1F. The van der Waals surface area contributed by atoms with Gasteiger partial charge in [0.25, 0.3) is 0 Å². The molecule has 2 fully saturated rings. The molecule has 1 heterocycles. The molecular formula is C18H27FN2. The van der Waals surface area contributed by atoms with Crippen LogP contribution in [0.4, 0.5) is 4.39 Å². The zero-order valence-electron chi connectivity index (χ0n) is 13.0. The highest BCUT2D eigenvalue weighted by Crippen LogP contribution is 2.37. The van der Waals surface area contributed by atoms with Crippen molar-refractivity contribution in [3.05, 3.63) is 35.6 Å². The fourth-order valence-electron chi connectivity index (χ4n) is 4.04. The normalized spacial score (nSPS) is 26.4. The Kier molecular flexibility index (Phi) is 4.91. The molecule has 1 saturated heterocycles. The van der Waals surface area contributed by atoms with Crippen LogP contribution in [-0.4, -0.2) is 30.6 Å². The summed E-state index contributed by atoms with van der Waals surface area (Å²) < 4.78 is 14.1. The van der Waals surface area contributed by atoms with Gasteiger partial charge in [0.15, 0.2) is 0 Å². The molecule has 21 heavy (non-hydrogen) atoms. The van der Waals surface area contributed by atoms with E-state index in [-0.39, 0.29) is 11.9 Å². The minimum absolute atomic E-state index is 0.0750. The third-order valence-electron chi connectivity index (χ3n) is 5.15. The Morgan fingerprint density at radius 3 is 2.86 bits per heavy atom. The quantitative estimate of drug-likeness (QED) is 0.823. The molecule has 0 radical (unpaired) electrons. The van der Waals surface area contributed by atoms with E-state index in [1.54, 1.807) is 12.1 Å². The van der Waals surface area contributed by atoms with Gasteiger partial charge in [-0.2, -0.15) is 0 Å². The van der Waals surface area contributed by atoms with Crippen molar-refractivity contribution in [2.75, 3.05) is 19.6 Å². The Balaban J connectivity index is 1.61. The molecular weight excluding hydrogens is 263 g/mol. The van der Waals surface area contributed by atoms with Gasteiger partial charge in [0.05, 0.1) is 0 Å². The molecule has 3 heteroatoms. The molecule has 3 atom stereocenters. The van der Waals surface area contributed by atoms with Crippen LogP contribution in [0.15, 0.2) is 24.3 Å². The molecule has 1 saturated carbocycles. The van der Waals surface area contributed by atoms with Crippen LogP contribution in [0, 0.1) is 11.7 Å². The Bertz CT molecular complexity index is 462. The first-order chi connectivity index (χ1) is 10.3. The first-order valence-electron chi connectivity index (χ1n) is 8.49. The lowest BCUT2D eigenvalue weighted by Crippen LogP contribution is -2.35. The van der Waals surface area contributed by atoms with Crippen molar-refractivity contribution >= 4 is 0 Å². The third kappa shape index (κ3) is 3.46. The van der Waals surface area contributed by atoms with Crippen molar-refractivity contribution in [3.8, 4) is 0 Å². The van der Waals surface area contributed by atoms with Gasteiger partial charge in [-0.15, -0.1) is 0 Å². The molecule has 2 bridgehead atoms. The summed E-state index contributed by atoms with van der Waals surface area (Å²) in [5, 5.41) is 3.53. The van der Waals surface area contributed by atoms with Crippen molar-refractivity contribution < 1.29 is 4.39 Å². The first kappa shape index (κ1) is 15.0. The lowest BCUT2D eigenvalue weighted by Gasteiger charge is -2.29. The van der Waals surface area contributed by atoms with Gasteiger partial charge in [-0.05, 0) is 50.6 Å². The minimum Gasteiger partial charge on any atom is -0.310 e. The maximum Gasteiger partial charge on any atom is 0.127 e. The summed E-state index contributed by atoms with van der Waals surface area (Å²) in [6.45, 7) is 5.47. The molecule has 0 aromatic heterocycles. The van der Waals surface area contributed by atoms with E-state index >= 15 is 0 Å². The van der Waals surface area contributed by atoms with Crippen LogP contribution in [-0.2, 0) is 0 Å². The number of nitrogens with zero attached hydrogens (tertiary/aromatic N) is 1. The molecule has 1 aliphatic heterocycles. The van der Waals surface area contributed by atoms with Crippen LogP contribution in [0.25, 0.3) is 0 Å². The van der Waals surface area contributed by atoms with Crippen molar-refractivity contribution in [1.29, 1.82) is 0 Å². The van der Waals surface area contributed by atoms with E-state index in [0.717, 1.165) is 43.5 Å². The average molecular weight is 290 g/mol. The monoisotopic (exact) mass is 290 g/mol. The molecule has 2 nitrogen and oxygen atoms in total. The van der Waals surface area contributed by atoms with Gasteiger partial charge in [-0.25, -0.2) is 4.39 Å². The summed E-state index contributed by atoms with van der Waals surface area (Å²) in [6, 6.07) is 8.17. The molecule has 1 aromatic rings. The molecule has 2 aliphatic rings. The molecule has 3 unspecified atom stereocenters. The third-order valence-corrected chi connectivity index (χ3v) is 5.15. The van der Waals surface area contributed by atoms with E-state index < -0.39 is 0 Å². The number of fused-ring (bicyclic) bond motifs is 2. The molecule has 116 valence electrons. The number of likely N-dealkylation sites (tertiary alicyclic amines) is 1. The van der Waals surface area contributed by atoms with Crippen molar-refractivity contribution in [2.24, 2.45) is 5.92 Å². The molecule has 0 amide bonds. The second kappa shape index (κ2) is 6.89. The summed E-state index contributed by atoms with van der Waals surface area (Å²) in [5.41, 5.74) is 0.829. The average Bonchev–Trinajstić information content (AvgIpc) is 3.11. The van der Waals surface area contributed by atoms with Crippen LogP contribution in [0.2, 0.25) is 0 Å². The van der Waals surface area contributed by atoms with Crippen LogP contribution in [0.5, 0.6) is 0 Å². The van der Waals surface area contributed by atoms with E-state index in [0.29, 0.717) is 0 Å². The van der Waals surface area contributed by atoms with Crippen molar-refractivity contribution in [1.82, 2.24) is 10.2 Å². The maximum atomic E-state index is 14.1. The summed E-state index contributed by atoms with van der Waals surface area (Å²) in [5.74, 6) is 0.861. The van der Waals surface area contributed by atoms with E-state index in [9.17, 15) is 4.39 Å². The number of halogens is 1. The predicted octanol–water partition coefficient (Wildman–Crippen LogP) is 3.74. The maximum absolute atomic E-state index is 14.1. The number of hydrogen-bond donors (Lipinski definition) is 1. The highest BCUT2D eigenvalue weighted by atomic mass is 19.1. The number of benzene rings is 1. The number of hydrogen-bond acceptors (Lipinski definition) is 2. The lowest BCUT2D eigenvalue weighted by molar-refractivity contribution is 0.202. The highest BCUT2D eigenvalue weighted by molar-refractivity contribution is 5.21. The van der Waals surface area contributed by atoms with Crippen LogP contribution >= 0.6 is 0 Å². The fourth-order valence-corrected chi connectivity index (χ4v) is 4.04. The highest BCUT2D eigenvalue weighted by Gasteiger charge is 2.37. The molecule has 1 N–H and O–H groups in total. The summed E-state index contributed by atoms with van der Waals surface area (Å²) in [6.07, 6.45) is 6.28. The van der Waals surface area contributed by atoms with Crippen LogP contribution in [0.1, 0.15) is 50.6 Å². The van der Waals surface area contributed by atoms with Crippen molar-refractivity contribution in [2.45, 2.75) is 51.1 Å². The number of rotatable bonds is 7. The van der Waals surface area contributed by atoms with Crippen molar-refractivity contribution in [3.63, 3.8) is 0 Å². The van der Waals surface area contributed by atoms with Gasteiger partial charge in [0.2, 0.25) is 0 Å². The molecule has 3 rings (SSSR count). The number of piperidine rings is 1. The largest absolute Gasteiger partial charge is 0.310 e.